The Kier molecular flexibility index (Phi) is 4.92. The number of hydrogen-bond donors (Lipinski definition) is 1. The van der Waals surface area contributed by atoms with E-state index in [0.29, 0.717) is 31.2 Å². The Morgan fingerprint density at radius 1 is 1.32 bits per heavy atom. The van der Waals surface area contributed by atoms with Crippen LogP contribution in [0.15, 0.2) is 34.9 Å². The van der Waals surface area contributed by atoms with Crippen molar-refractivity contribution in [3.63, 3.8) is 0 Å². The third-order valence-corrected chi connectivity index (χ3v) is 4.40. The fourth-order valence-corrected chi connectivity index (χ4v) is 2.83. The fraction of sp³-hybridized carbons (Fsp3) is 0.474. The molecule has 1 aliphatic heterocycles. The molecule has 3 rings (SSSR count). The standard InChI is InChI=1S/C19H24N2O4/c1-19(2,3)16-12-25-17(20-16)15-11-24-9-8-21(15)10-13-4-6-14(7-5-13)18(22)23/h4-7,12,15H,8-11H2,1-3H3,(H,22,23)/t15-/m0/s1. The van der Waals surface area contributed by atoms with Gasteiger partial charge in [-0.1, -0.05) is 32.9 Å². The maximum absolute atomic E-state index is 11.0. The van der Waals surface area contributed by atoms with Crippen molar-refractivity contribution in [2.24, 2.45) is 0 Å². The zero-order valence-corrected chi connectivity index (χ0v) is 14.9. The van der Waals surface area contributed by atoms with Crippen LogP contribution in [0.3, 0.4) is 0 Å². The Balaban J connectivity index is 1.77. The second kappa shape index (κ2) is 6.98. The molecule has 0 aliphatic carbocycles. The lowest BCUT2D eigenvalue weighted by molar-refractivity contribution is -0.0223. The number of carboxylic acids is 1. The molecule has 1 saturated heterocycles. The molecule has 25 heavy (non-hydrogen) atoms. The minimum absolute atomic E-state index is 0.0380. The van der Waals surface area contributed by atoms with E-state index in [-0.39, 0.29) is 11.5 Å². The lowest BCUT2D eigenvalue weighted by atomic mass is 9.93. The number of nitrogens with zero attached hydrogens (tertiary/aromatic N) is 2. The number of morpholine rings is 1. The Morgan fingerprint density at radius 2 is 2.04 bits per heavy atom. The van der Waals surface area contributed by atoms with Crippen molar-refractivity contribution in [3.05, 3.63) is 53.2 Å². The number of aromatic carboxylic acids is 1. The van der Waals surface area contributed by atoms with Crippen LogP contribution >= 0.6 is 0 Å². The Bertz CT molecular complexity index is 731. The first-order valence-corrected chi connectivity index (χ1v) is 8.44. The van der Waals surface area contributed by atoms with Gasteiger partial charge in [-0.3, -0.25) is 4.90 Å². The molecule has 6 heteroatoms. The summed E-state index contributed by atoms with van der Waals surface area (Å²) >= 11 is 0. The first-order chi connectivity index (χ1) is 11.8. The summed E-state index contributed by atoms with van der Waals surface area (Å²) in [5.74, 6) is -0.239. The van der Waals surface area contributed by atoms with E-state index >= 15 is 0 Å². The molecule has 1 aromatic carbocycles. The van der Waals surface area contributed by atoms with Gasteiger partial charge < -0.3 is 14.3 Å². The molecule has 6 nitrogen and oxygen atoms in total. The number of aromatic nitrogens is 1. The van der Waals surface area contributed by atoms with Gasteiger partial charge in [0.25, 0.3) is 0 Å². The number of benzene rings is 1. The van der Waals surface area contributed by atoms with Crippen LogP contribution in [-0.4, -0.2) is 40.7 Å². The highest BCUT2D eigenvalue weighted by Crippen LogP contribution is 2.29. The zero-order chi connectivity index (χ0) is 18.0. The Labute approximate surface area is 147 Å². The van der Waals surface area contributed by atoms with E-state index in [0.717, 1.165) is 17.8 Å². The van der Waals surface area contributed by atoms with E-state index in [9.17, 15) is 4.79 Å². The van der Waals surface area contributed by atoms with Gasteiger partial charge in [-0.2, -0.15) is 0 Å². The van der Waals surface area contributed by atoms with Gasteiger partial charge in [0.2, 0.25) is 5.89 Å². The molecule has 0 saturated carbocycles. The van der Waals surface area contributed by atoms with Crippen LogP contribution in [0.2, 0.25) is 0 Å². The topological polar surface area (TPSA) is 75.8 Å². The monoisotopic (exact) mass is 344 g/mol. The fourth-order valence-electron chi connectivity index (χ4n) is 2.83. The summed E-state index contributed by atoms with van der Waals surface area (Å²) < 4.78 is 11.4. The number of carbonyl (C=O) groups is 1. The molecule has 0 radical (unpaired) electrons. The first-order valence-electron chi connectivity index (χ1n) is 8.44. The van der Waals surface area contributed by atoms with Crippen LogP contribution in [0.25, 0.3) is 0 Å². The Morgan fingerprint density at radius 3 is 2.64 bits per heavy atom. The molecule has 1 aromatic heterocycles. The van der Waals surface area contributed by atoms with E-state index < -0.39 is 5.97 Å². The molecular weight excluding hydrogens is 320 g/mol. The average molecular weight is 344 g/mol. The average Bonchev–Trinajstić information content (AvgIpc) is 3.06. The van der Waals surface area contributed by atoms with Crippen LogP contribution in [0.4, 0.5) is 0 Å². The number of ether oxygens (including phenoxy) is 1. The Hall–Kier alpha value is -2.18. The first kappa shape index (κ1) is 17.6. The maximum atomic E-state index is 11.0. The second-order valence-electron chi connectivity index (χ2n) is 7.38. The van der Waals surface area contributed by atoms with Crippen LogP contribution in [-0.2, 0) is 16.7 Å². The number of rotatable bonds is 4. The zero-order valence-electron chi connectivity index (χ0n) is 14.9. The molecule has 1 fully saturated rings. The summed E-state index contributed by atoms with van der Waals surface area (Å²) in [6.45, 7) is 8.99. The molecule has 0 unspecified atom stereocenters. The lowest BCUT2D eigenvalue weighted by Crippen LogP contribution is -2.39. The van der Waals surface area contributed by atoms with Gasteiger partial charge in [-0.25, -0.2) is 9.78 Å². The molecule has 2 heterocycles. The van der Waals surface area contributed by atoms with Crippen molar-refractivity contribution in [3.8, 4) is 0 Å². The van der Waals surface area contributed by atoms with Gasteiger partial charge >= 0.3 is 5.97 Å². The summed E-state index contributed by atoms with van der Waals surface area (Å²) in [5.41, 5.74) is 2.22. The van der Waals surface area contributed by atoms with Crippen LogP contribution < -0.4 is 0 Å². The van der Waals surface area contributed by atoms with Gasteiger partial charge in [-0.05, 0) is 17.7 Å². The SMILES string of the molecule is CC(C)(C)c1coc([C@@H]2COCCN2Cc2ccc(C(=O)O)cc2)n1. The van der Waals surface area contributed by atoms with Crippen LogP contribution in [0.5, 0.6) is 0 Å². The highest BCUT2D eigenvalue weighted by Gasteiger charge is 2.30. The van der Waals surface area contributed by atoms with Crippen molar-refractivity contribution in [2.75, 3.05) is 19.8 Å². The number of oxazole rings is 1. The molecule has 134 valence electrons. The van der Waals surface area contributed by atoms with Crippen molar-refractivity contribution < 1.29 is 19.1 Å². The highest BCUT2D eigenvalue weighted by molar-refractivity contribution is 5.87. The summed E-state index contributed by atoms with van der Waals surface area (Å²) in [6, 6.07) is 6.94. The van der Waals surface area contributed by atoms with Crippen molar-refractivity contribution in [2.45, 2.75) is 38.8 Å². The molecule has 1 atom stereocenters. The van der Waals surface area contributed by atoms with E-state index in [2.05, 4.69) is 30.7 Å². The van der Waals surface area contributed by atoms with Gasteiger partial charge in [0, 0.05) is 18.5 Å². The lowest BCUT2D eigenvalue weighted by Gasteiger charge is -2.33. The smallest absolute Gasteiger partial charge is 0.335 e. The van der Waals surface area contributed by atoms with Crippen molar-refractivity contribution in [1.82, 2.24) is 9.88 Å². The predicted molar refractivity (Wildman–Crippen MR) is 92.6 cm³/mol. The van der Waals surface area contributed by atoms with E-state index in [1.807, 2.05) is 12.1 Å². The second-order valence-corrected chi connectivity index (χ2v) is 7.38. The molecule has 0 bridgehead atoms. The van der Waals surface area contributed by atoms with Gasteiger partial charge in [-0.15, -0.1) is 0 Å². The van der Waals surface area contributed by atoms with Crippen molar-refractivity contribution >= 4 is 5.97 Å². The summed E-state index contributed by atoms with van der Waals surface area (Å²) in [6.07, 6.45) is 1.73. The molecule has 1 aliphatic rings. The van der Waals surface area contributed by atoms with E-state index in [1.165, 1.54) is 0 Å². The van der Waals surface area contributed by atoms with Gasteiger partial charge in [0.1, 0.15) is 12.3 Å². The third kappa shape index (κ3) is 4.08. The summed E-state index contributed by atoms with van der Waals surface area (Å²) in [7, 11) is 0. The minimum Gasteiger partial charge on any atom is -0.478 e. The van der Waals surface area contributed by atoms with Gasteiger partial charge in [0.15, 0.2) is 0 Å². The maximum Gasteiger partial charge on any atom is 0.335 e. The highest BCUT2D eigenvalue weighted by atomic mass is 16.5. The number of hydrogen-bond acceptors (Lipinski definition) is 5. The van der Waals surface area contributed by atoms with Gasteiger partial charge in [0.05, 0.1) is 24.5 Å². The predicted octanol–water partition coefficient (Wildman–Crippen LogP) is 3.24. The summed E-state index contributed by atoms with van der Waals surface area (Å²) in [5, 5.41) is 9.01. The summed E-state index contributed by atoms with van der Waals surface area (Å²) in [4.78, 5) is 17.9. The van der Waals surface area contributed by atoms with Crippen molar-refractivity contribution in [1.29, 1.82) is 0 Å². The minimum atomic E-state index is -0.912. The quantitative estimate of drug-likeness (QED) is 0.917. The van der Waals surface area contributed by atoms with E-state index in [1.54, 1.807) is 18.4 Å². The molecular formula is C19H24N2O4. The molecule has 0 amide bonds. The molecule has 0 spiro atoms. The molecule has 2 aromatic rings. The van der Waals surface area contributed by atoms with Crippen LogP contribution in [0.1, 0.15) is 54.3 Å². The third-order valence-electron chi connectivity index (χ3n) is 4.40. The normalized spacial score (nSPS) is 19.1. The largest absolute Gasteiger partial charge is 0.478 e. The molecule has 1 N–H and O–H groups in total. The van der Waals surface area contributed by atoms with E-state index in [4.69, 9.17) is 14.3 Å². The van der Waals surface area contributed by atoms with Crippen LogP contribution in [0, 0.1) is 0 Å². The number of carboxylic acid groups (broad SMARTS) is 1.